The zero-order chi connectivity index (χ0) is 20.2. The van der Waals surface area contributed by atoms with E-state index in [4.69, 9.17) is 14.6 Å². The van der Waals surface area contributed by atoms with Crippen LogP contribution in [0, 0.1) is 5.92 Å². The van der Waals surface area contributed by atoms with Crippen molar-refractivity contribution in [2.45, 2.75) is 57.5 Å². The zero-order valence-electron chi connectivity index (χ0n) is 16.8. The van der Waals surface area contributed by atoms with E-state index >= 15 is 0 Å². The Balaban J connectivity index is 0.000000878. The highest BCUT2D eigenvalue weighted by atomic mass is 16.5. The second kappa shape index (κ2) is 11.8. The first-order valence-electron chi connectivity index (χ1n) is 10.1. The topological polar surface area (TPSA) is 110 Å². The number of carboxylic acid groups (broad SMARTS) is 1. The van der Waals surface area contributed by atoms with Gasteiger partial charge in [-0.05, 0) is 12.8 Å². The first-order valence-corrected chi connectivity index (χ1v) is 10.1. The number of hydrogen-bond donors (Lipinski definition) is 2. The summed E-state index contributed by atoms with van der Waals surface area (Å²) in [6.45, 7) is 6.57. The Bertz CT molecular complexity index is 567. The summed E-state index contributed by atoms with van der Waals surface area (Å²) < 4.78 is 7.26. The average molecular weight is 396 g/mol. The molecule has 0 radical (unpaired) electrons. The van der Waals surface area contributed by atoms with Crippen LogP contribution in [-0.4, -0.2) is 75.5 Å². The minimum Gasteiger partial charge on any atom is -0.483 e. The van der Waals surface area contributed by atoms with Crippen LogP contribution < -0.4 is 5.32 Å². The molecule has 2 aliphatic rings. The van der Waals surface area contributed by atoms with E-state index in [1.807, 2.05) is 6.92 Å². The van der Waals surface area contributed by atoms with E-state index in [0.717, 1.165) is 32.8 Å². The average Bonchev–Trinajstić information content (AvgIpc) is 3.10. The van der Waals surface area contributed by atoms with Crippen molar-refractivity contribution in [2.75, 3.05) is 32.8 Å². The molecule has 1 amide bonds. The van der Waals surface area contributed by atoms with Crippen LogP contribution in [0.3, 0.4) is 0 Å². The zero-order valence-corrected chi connectivity index (χ0v) is 16.8. The van der Waals surface area contributed by atoms with Gasteiger partial charge in [-0.1, -0.05) is 32.6 Å². The number of aromatic nitrogens is 3. The lowest BCUT2D eigenvalue weighted by Crippen LogP contribution is -2.59. The van der Waals surface area contributed by atoms with E-state index in [-0.39, 0.29) is 23.8 Å². The van der Waals surface area contributed by atoms with Crippen LogP contribution in [0.2, 0.25) is 0 Å². The molecule has 28 heavy (non-hydrogen) atoms. The number of morpholine rings is 1. The van der Waals surface area contributed by atoms with Gasteiger partial charge in [-0.2, -0.15) is 5.10 Å². The highest BCUT2D eigenvalue weighted by molar-refractivity contribution is 5.78. The van der Waals surface area contributed by atoms with Gasteiger partial charge in [0, 0.05) is 25.2 Å². The van der Waals surface area contributed by atoms with E-state index in [1.165, 1.54) is 44.9 Å². The Morgan fingerprint density at radius 1 is 1.29 bits per heavy atom. The highest BCUT2D eigenvalue weighted by Crippen LogP contribution is 2.33. The van der Waals surface area contributed by atoms with Crippen LogP contribution >= 0.6 is 0 Å². The second-order valence-electron chi connectivity index (χ2n) is 7.58. The van der Waals surface area contributed by atoms with Gasteiger partial charge in [0.2, 0.25) is 5.91 Å². The molecule has 1 saturated heterocycles. The van der Waals surface area contributed by atoms with Crippen LogP contribution in [0.5, 0.6) is 0 Å². The molecule has 2 heterocycles. The van der Waals surface area contributed by atoms with E-state index in [2.05, 4.69) is 20.3 Å². The molecule has 0 spiro atoms. The minimum atomic E-state index is -0.250. The lowest BCUT2D eigenvalue weighted by molar-refractivity contribution is -0.126. The van der Waals surface area contributed by atoms with Crippen molar-refractivity contribution in [3.8, 4) is 0 Å². The van der Waals surface area contributed by atoms with Crippen molar-refractivity contribution in [1.29, 1.82) is 0 Å². The minimum absolute atomic E-state index is 0.100. The summed E-state index contributed by atoms with van der Waals surface area (Å²) in [5.74, 6) is -0.0124. The summed E-state index contributed by atoms with van der Waals surface area (Å²) in [7, 11) is 0. The molecule has 9 nitrogen and oxygen atoms in total. The molecule has 1 aliphatic carbocycles. The molecule has 2 fully saturated rings. The summed E-state index contributed by atoms with van der Waals surface area (Å²) in [6.07, 6.45) is 10.6. The fourth-order valence-electron chi connectivity index (χ4n) is 4.15. The smallest absolute Gasteiger partial charge is 0.290 e. The van der Waals surface area contributed by atoms with Gasteiger partial charge in [0.1, 0.15) is 12.7 Å². The summed E-state index contributed by atoms with van der Waals surface area (Å²) in [5, 5.41) is 14.2. The van der Waals surface area contributed by atoms with Gasteiger partial charge in [0.15, 0.2) is 0 Å². The highest BCUT2D eigenvalue weighted by Gasteiger charge is 2.38. The molecule has 0 bridgehead atoms. The summed E-state index contributed by atoms with van der Waals surface area (Å²) in [6, 6.07) is 0. The maximum Gasteiger partial charge on any atom is 0.290 e. The van der Waals surface area contributed by atoms with Crippen LogP contribution in [-0.2, 0) is 20.9 Å². The molecular formula is C19H33N5O4. The van der Waals surface area contributed by atoms with E-state index in [1.54, 1.807) is 11.0 Å². The Kier molecular flexibility index (Phi) is 9.36. The fraction of sp³-hybridized carbons (Fsp3) is 0.789. The second-order valence-corrected chi connectivity index (χ2v) is 7.58. The monoisotopic (exact) mass is 395 g/mol. The Morgan fingerprint density at radius 3 is 2.50 bits per heavy atom. The number of carbonyl (C=O) groups excluding carboxylic acids is 1. The van der Waals surface area contributed by atoms with Crippen molar-refractivity contribution in [2.24, 2.45) is 5.92 Å². The van der Waals surface area contributed by atoms with E-state index in [0.29, 0.717) is 6.54 Å². The molecule has 0 aromatic carbocycles. The predicted octanol–water partition coefficient (Wildman–Crippen LogP) is 1.16. The maximum absolute atomic E-state index is 12.6. The standard InChI is InChI=1S/C18H31N5O2.CH2O2/c1-16(12-23-15-19-14-21-23)17(24)20-13-18(6-4-2-3-5-7-18)22-8-10-25-11-9-22;2-1-3/h14-16H,2-13H2,1H3,(H,20,24);1H,(H,2,3). The number of nitrogens with zero attached hydrogens (tertiary/aromatic N) is 4. The fourth-order valence-corrected chi connectivity index (χ4v) is 4.15. The first-order chi connectivity index (χ1) is 13.6. The quantitative estimate of drug-likeness (QED) is 0.549. The number of ether oxygens (including phenoxy) is 1. The van der Waals surface area contributed by atoms with Gasteiger partial charge in [0.05, 0.1) is 25.7 Å². The molecule has 158 valence electrons. The van der Waals surface area contributed by atoms with Crippen LogP contribution in [0.25, 0.3) is 0 Å². The van der Waals surface area contributed by atoms with Gasteiger partial charge in [-0.15, -0.1) is 0 Å². The normalized spacial score (nSPS) is 20.9. The van der Waals surface area contributed by atoms with Crippen molar-refractivity contribution < 1.29 is 19.4 Å². The van der Waals surface area contributed by atoms with Gasteiger partial charge in [-0.25, -0.2) is 4.98 Å². The molecule has 2 N–H and O–H groups in total. The van der Waals surface area contributed by atoms with Crippen LogP contribution in [0.4, 0.5) is 0 Å². The van der Waals surface area contributed by atoms with Crippen molar-refractivity contribution in [3.05, 3.63) is 12.7 Å². The Labute approximate surface area is 166 Å². The third kappa shape index (κ3) is 6.56. The lowest BCUT2D eigenvalue weighted by atomic mass is 9.87. The Morgan fingerprint density at radius 2 is 1.93 bits per heavy atom. The molecule has 1 unspecified atom stereocenters. The van der Waals surface area contributed by atoms with Gasteiger partial charge in [0.25, 0.3) is 6.47 Å². The largest absolute Gasteiger partial charge is 0.483 e. The predicted molar refractivity (Wildman–Crippen MR) is 104 cm³/mol. The van der Waals surface area contributed by atoms with Crippen molar-refractivity contribution >= 4 is 12.4 Å². The number of hydrogen-bond acceptors (Lipinski definition) is 6. The Hall–Kier alpha value is -2.00. The number of nitrogens with one attached hydrogen (secondary N) is 1. The number of carbonyl (C=O) groups is 2. The van der Waals surface area contributed by atoms with Gasteiger partial charge in [-0.3, -0.25) is 19.2 Å². The lowest BCUT2D eigenvalue weighted by Gasteiger charge is -2.46. The van der Waals surface area contributed by atoms with Gasteiger partial charge < -0.3 is 15.2 Å². The molecular weight excluding hydrogens is 362 g/mol. The van der Waals surface area contributed by atoms with Crippen molar-refractivity contribution in [1.82, 2.24) is 25.0 Å². The molecule has 9 heteroatoms. The van der Waals surface area contributed by atoms with Crippen LogP contribution in [0.1, 0.15) is 45.4 Å². The molecule has 1 aromatic heterocycles. The molecule has 1 aliphatic heterocycles. The number of rotatable bonds is 6. The van der Waals surface area contributed by atoms with E-state index < -0.39 is 0 Å². The molecule has 1 saturated carbocycles. The summed E-state index contributed by atoms with van der Waals surface area (Å²) in [4.78, 5) is 27.5. The first kappa shape index (κ1) is 22.3. The van der Waals surface area contributed by atoms with E-state index in [9.17, 15) is 4.79 Å². The molecule has 1 aromatic rings. The van der Waals surface area contributed by atoms with Gasteiger partial charge >= 0.3 is 0 Å². The van der Waals surface area contributed by atoms with Crippen LogP contribution in [0.15, 0.2) is 12.7 Å². The number of amides is 1. The summed E-state index contributed by atoms with van der Waals surface area (Å²) >= 11 is 0. The molecule has 3 rings (SSSR count). The SMILES string of the molecule is CC(Cn1cncn1)C(=O)NCC1(N2CCOCC2)CCCCCC1.O=CO. The maximum atomic E-state index is 12.6. The van der Waals surface area contributed by atoms with Crippen molar-refractivity contribution in [3.63, 3.8) is 0 Å². The summed E-state index contributed by atoms with van der Waals surface area (Å²) in [5.41, 5.74) is 0.100. The third-order valence-electron chi connectivity index (χ3n) is 5.68. The third-order valence-corrected chi connectivity index (χ3v) is 5.68. The molecule has 1 atom stereocenters.